The SMILES string of the molecule is CCOC(CC)C(CCC1CCCO1)NC. The second-order valence-corrected chi connectivity index (χ2v) is 4.51. The van der Waals surface area contributed by atoms with Crippen molar-refractivity contribution in [3.63, 3.8) is 0 Å². The average Bonchev–Trinajstić information content (AvgIpc) is 2.81. The van der Waals surface area contributed by atoms with Crippen LogP contribution in [-0.4, -0.2) is 38.5 Å². The van der Waals surface area contributed by atoms with Crippen LogP contribution in [0.2, 0.25) is 0 Å². The Labute approximate surface area is 99.9 Å². The fourth-order valence-electron chi connectivity index (χ4n) is 2.49. The normalized spacial score (nSPS) is 24.6. The highest BCUT2D eigenvalue weighted by molar-refractivity contribution is 4.77. The maximum Gasteiger partial charge on any atom is 0.0725 e. The van der Waals surface area contributed by atoms with Gasteiger partial charge < -0.3 is 14.8 Å². The summed E-state index contributed by atoms with van der Waals surface area (Å²) < 4.78 is 11.4. The van der Waals surface area contributed by atoms with Crippen LogP contribution in [0.15, 0.2) is 0 Å². The van der Waals surface area contributed by atoms with Gasteiger partial charge in [0.05, 0.1) is 12.2 Å². The number of hydrogen-bond donors (Lipinski definition) is 1. The Morgan fingerprint density at radius 2 is 2.25 bits per heavy atom. The van der Waals surface area contributed by atoms with E-state index >= 15 is 0 Å². The summed E-state index contributed by atoms with van der Waals surface area (Å²) in [4.78, 5) is 0. The van der Waals surface area contributed by atoms with E-state index in [1.807, 2.05) is 7.05 Å². The van der Waals surface area contributed by atoms with Gasteiger partial charge in [-0.3, -0.25) is 0 Å². The second kappa shape index (κ2) is 8.04. The third-order valence-corrected chi connectivity index (χ3v) is 3.43. The van der Waals surface area contributed by atoms with Crippen LogP contribution in [0.1, 0.15) is 46.0 Å². The molecule has 0 radical (unpaired) electrons. The van der Waals surface area contributed by atoms with Gasteiger partial charge in [0.2, 0.25) is 0 Å². The molecule has 0 bridgehead atoms. The first-order valence-electron chi connectivity index (χ1n) is 6.72. The van der Waals surface area contributed by atoms with Crippen LogP contribution >= 0.6 is 0 Å². The van der Waals surface area contributed by atoms with Crippen LogP contribution in [0.5, 0.6) is 0 Å². The summed E-state index contributed by atoms with van der Waals surface area (Å²) >= 11 is 0. The van der Waals surface area contributed by atoms with E-state index in [1.165, 1.54) is 12.8 Å². The smallest absolute Gasteiger partial charge is 0.0725 e. The van der Waals surface area contributed by atoms with Crippen molar-refractivity contribution < 1.29 is 9.47 Å². The summed E-state index contributed by atoms with van der Waals surface area (Å²) in [5, 5.41) is 3.38. The molecule has 0 aromatic rings. The Morgan fingerprint density at radius 1 is 1.44 bits per heavy atom. The molecule has 1 aliphatic heterocycles. The predicted molar refractivity (Wildman–Crippen MR) is 66.8 cm³/mol. The van der Waals surface area contributed by atoms with E-state index in [4.69, 9.17) is 9.47 Å². The van der Waals surface area contributed by atoms with E-state index in [-0.39, 0.29) is 0 Å². The van der Waals surface area contributed by atoms with Gasteiger partial charge in [-0.15, -0.1) is 0 Å². The highest BCUT2D eigenvalue weighted by Gasteiger charge is 2.22. The fraction of sp³-hybridized carbons (Fsp3) is 1.00. The molecule has 3 heteroatoms. The van der Waals surface area contributed by atoms with Gasteiger partial charge >= 0.3 is 0 Å². The minimum atomic E-state index is 0.344. The summed E-state index contributed by atoms with van der Waals surface area (Å²) in [6.07, 6.45) is 6.70. The molecule has 0 aliphatic carbocycles. The summed E-state index contributed by atoms with van der Waals surface area (Å²) in [5.41, 5.74) is 0. The molecule has 0 aromatic carbocycles. The first-order chi connectivity index (χ1) is 7.81. The minimum Gasteiger partial charge on any atom is -0.378 e. The van der Waals surface area contributed by atoms with Gasteiger partial charge in [0.25, 0.3) is 0 Å². The molecule has 0 amide bonds. The van der Waals surface area contributed by atoms with E-state index in [0.717, 1.165) is 32.5 Å². The number of rotatable bonds is 8. The minimum absolute atomic E-state index is 0.344. The average molecular weight is 229 g/mol. The molecule has 0 aromatic heterocycles. The molecule has 1 rings (SSSR count). The van der Waals surface area contributed by atoms with Crippen LogP contribution < -0.4 is 5.32 Å². The summed E-state index contributed by atoms with van der Waals surface area (Å²) in [6, 6.07) is 0.467. The fourth-order valence-corrected chi connectivity index (χ4v) is 2.49. The first kappa shape index (κ1) is 13.9. The summed E-state index contributed by atoms with van der Waals surface area (Å²) in [7, 11) is 2.03. The molecule has 1 saturated heterocycles. The van der Waals surface area contributed by atoms with Crippen molar-refractivity contribution in [1.82, 2.24) is 5.32 Å². The Bertz CT molecular complexity index is 169. The largest absolute Gasteiger partial charge is 0.378 e. The first-order valence-corrected chi connectivity index (χ1v) is 6.72. The number of likely N-dealkylation sites (N-methyl/N-ethyl adjacent to an activating group) is 1. The Balaban J connectivity index is 2.28. The lowest BCUT2D eigenvalue weighted by Gasteiger charge is -2.26. The molecule has 1 N–H and O–H groups in total. The van der Waals surface area contributed by atoms with Crippen molar-refractivity contribution in [2.24, 2.45) is 0 Å². The van der Waals surface area contributed by atoms with Crippen LogP contribution in [-0.2, 0) is 9.47 Å². The zero-order valence-corrected chi connectivity index (χ0v) is 11.0. The number of nitrogens with one attached hydrogen (secondary N) is 1. The standard InChI is InChI=1S/C13H27NO2/c1-4-13(15-5-2)12(14-3)9-8-11-7-6-10-16-11/h11-14H,4-10H2,1-3H3. The highest BCUT2D eigenvalue weighted by atomic mass is 16.5. The van der Waals surface area contributed by atoms with Crippen molar-refractivity contribution in [2.45, 2.75) is 64.2 Å². The quantitative estimate of drug-likeness (QED) is 0.693. The predicted octanol–water partition coefficient (Wildman–Crippen LogP) is 2.35. The van der Waals surface area contributed by atoms with Gasteiger partial charge in [-0.05, 0) is 46.1 Å². The van der Waals surface area contributed by atoms with E-state index in [2.05, 4.69) is 19.2 Å². The molecule has 0 saturated carbocycles. The van der Waals surface area contributed by atoms with Crippen LogP contribution in [0.25, 0.3) is 0 Å². The van der Waals surface area contributed by atoms with Crippen LogP contribution in [0.4, 0.5) is 0 Å². The molecule has 16 heavy (non-hydrogen) atoms. The lowest BCUT2D eigenvalue weighted by molar-refractivity contribution is 0.0251. The lowest BCUT2D eigenvalue weighted by atomic mass is 10.00. The Morgan fingerprint density at radius 3 is 2.75 bits per heavy atom. The molecular weight excluding hydrogens is 202 g/mol. The van der Waals surface area contributed by atoms with Crippen molar-refractivity contribution in [3.05, 3.63) is 0 Å². The molecule has 3 unspecified atom stereocenters. The monoisotopic (exact) mass is 229 g/mol. The number of ether oxygens (including phenoxy) is 2. The summed E-state index contributed by atoms with van der Waals surface area (Å²) in [6.45, 7) is 6.01. The van der Waals surface area contributed by atoms with Gasteiger partial charge in [0.1, 0.15) is 0 Å². The Kier molecular flexibility index (Phi) is 7.01. The zero-order valence-electron chi connectivity index (χ0n) is 11.0. The zero-order chi connectivity index (χ0) is 11.8. The third kappa shape index (κ3) is 4.40. The van der Waals surface area contributed by atoms with E-state index in [9.17, 15) is 0 Å². The van der Waals surface area contributed by atoms with Crippen molar-refractivity contribution in [3.8, 4) is 0 Å². The van der Waals surface area contributed by atoms with Gasteiger partial charge in [-0.1, -0.05) is 6.92 Å². The van der Waals surface area contributed by atoms with E-state index < -0.39 is 0 Å². The molecule has 1 fully saturated rings. The highest BCUT2D eigenvalue weighted by Crippen LogP contribution is 2.19. The lowest BCUT2D eigenvalue weighted by Crippen LogP contribution is -2.39. The van der Waals surface area contributed by atoms with E-state index in [1.54, 1.807) is 0 Å². The Hall–Kier alpha value is -0.120. The number of hydrogen-bond acceptors (Lipinski definition) is 3. The van der Waals surface area contributed by atoms with Crippen molar-refractivity contribution in [1.29, 1.82) is 0 Å². The van der Waals surface area contributed by atoms with Gasteiger partial charge in [0, 0.05) is 19.3 Å². The molecule has 0 spiro atoms. The molecule has 3 nitrogen and oxygen atoms in total. The van der Waals surface area contributed by atoms with Crippen LogP contribution in [0.3, 0.4) is 0 Å². The third-order valence-electron chi connectivity index (χ3n) is 3.43. The van der Waals surface area contributed by atoms with Gasteiger partial charge in [0.15, 0.2) is 0 Å². The molecular formula is C13H27NO2. The maximum absolute atomic E-state index is 5.76. The molecule has 96 valence electrons. The van der Waals surface area contributed by atoms with Gasteiger partial charge in [-0.25, -0.2) is 0 Å². The molecule has 3 atom stereocenters. The summed E-state index contributed by atoms with van der Waals surface area (Å²) in [5.74, 6) is 0. The van der Waals surface area contributed by atoms with Crippen molar-refractivity contribution in [2.75, 3.05) is 20.3 Å². The maximum atomic E-state index is 5.76. The van der Waals surface area contributed by atoms with Crippen molar-refractivity contribution >= 4 is 0 Å². The van der Waals surface area contributed by atoms with Crippen LogP contribution in [0, 0.1) is 0 Å². The van der Waals surface area contributed by atoms with Gasteiger partial charge in [-0.2, -0.15) is 0 Å². The van der Waals surface area contributed by atoms with E-state index in [0.29, 0.717) is 18.2 Å². The molecule has 1 aliphatic rings. The topological polar surface area (TPSA) is 30.5 Å². The second-order valence-electron chi connectivity index (χ2n) is 4.51. The molecule has 1 heterocycles.